The first-order valence-electron chi connectivity index (χ1n) is 45.3. The highest BCUT2D eigenvalue weighted by Gasteiger charge is 2.31. The van der Waals surface area contributed by atoms with Crippen LogP contribution in [0.15, 0.2) is 237 Å². The molecular weight excluding hydrogens is 1460 g/mol. The van der Waals surface area contributed by atoms with Crippen molar-refractivity contribution in [1.82, 2.24) is 0 Å². The van der Waals surface area contributed by atoms with E-state index in [1.807, 2.05) is 0 Å². The van der Waals surface area contributed by atoms with Gasteiger partial charge in [0.05, 0.1) is 0 Å². The maximum absolute atomic E-state index is 2.49. The second-order valence-electron chi connectivity index (χ2n) is 38.9. The van der Waals surface area contributed by atoms with E-state index in [1.165, 1.54) is 260 Å². The van der Waals surface area contributed by atoms with Gasteiger partial charge in [-0.05, 0) is 296 Å². The van der Waals surface area contributed by atoms with Crippen molar-refractivity contribution in [3.05, 3.63) is 326 Å². The van der Waals surface area contributed by atoms with E-state index < -0.39 is 0 Å². The van der Waals surface area contributed by atoms with Gasteiger partial charge in [0.2, 0.25) is 56.1 Å². The summed E-state index contributed by atoms with van der Waals surface area (Å²) >= 11 is 0. The number of hydrogen-bond acceptors (Lipinski definition) is 0. The summed E-state index contributed by atoms with van der Waals surface area (Å²) in [6.45, 7) is 38.0. The van der Waals surface area contributed by atoms with Crippen molar-refractivity contribution in [3.8, 4) is 56.3 Å². The lowest BCUT2D eigenvalue weighted by molar-refractivity contribution is -0.633. The van der Waals surface area contributed by atoms with Gasteiger partial charge in [-0.2, -0.15) is 22.8 Å². The Kier molecular flexibility index (Phi) is 26.4. The molecule has 5 heteroatoms. The fraction of sp³-hybridized carbons (Fsp3) is 0.353. The lowest BCUT2D eigenvalue weighted by Crippen LogP contribution is -2.33. The van der Waals surface area contributed by atoms with Crippen molar-refractivity contribution in [2.24, 2.45) is 46.1 Å². The number of fused-ring (bicyclic) bond motifs is 5. The van der Waals surface area contributed by atoms with Gasteiger partial charge < -0.3 is 0 Å². The highest BCUT2D eigenvalue weighted by Crippen LogP contribution is 2.43. The van der Waals surface area contributed by atoms with E-state index in [4.69, 9.17) is 0 Å². The zero-order chi connectivity index (χ0) is 85.9. The molecule has 3 aliphatic rings. The monoisotopic (exact) mass is 1600 g/mol. The normalized spacial score (nSPS) is 13.9. The second-order valence-corrected chi connectivity index (χ2v) is 38.9. The molecule has 18 rings (SSSR count). The molecule has 0 atom stereocenters. The van der Waals surface area contributed by atoms with Gasteiger partial charge in [-0.3, -0.25) is 0 Å². The smallest absolute Gasteiger partial charge is 0.194 e. The van der Waals surface area contributed by atoms with Crippen LogP contribution in [0.5, 0.6) is 0 Å². The number of aromatic nitrogens is 5. The number of aryl methyl sites for hydroxylation is 14. The highest BCUT2D eigenvalue weighted by atomic mass is 15.0. The topological polar surface area (TPSA) is 19.4 Å². The van der Waals surface area contributed by atoms with Gasteiger partial charge in [0.1, 0.15) is 35.2 Å². The van der Waals surface area contributed by atoms with Gasteiger partial charge in [0, 0.05) is 115 Å². The number of hydrogen-bond donors (Lipinski definition) is 0. The molecule has 10 aromatic carbocycles. The first kappa shape index (κ1) is 86.6. The second kappa shape index (κ2) is 36.9. The Labute approximate surface area is 725 Å². The van der Waals surface area contributed by atoms with Crippen LogP contribution in [0.25, 0.3) is 111 Å². The van der Waals surface area contributed by atoms with Crippen molar-refractivity contribution in [1.29, 1.82) is 0 Å². The van der Waals surface area contributed by atoms with E-state index in [0.717, 1.165) is 30.6 Å². The molecule has 0 saturated heterocycles. The third kappa shape index (κ3) is 19.4. The van der Waals surface area contributed by atoms with Crippen molar-refractivity contribution >= 4 is 54.5 Å². The largest absolute Gasteiger partial charge is 0.213 e. The van der Waals surface area contributed by atoms with E-state index in [2.05, 4.69) is 412 Å². The molecule has 3 saturated carbocycles. The van der Waals surface area contributed by atoms with Crippen LogP contribution in [-0.2, 0) is 48.1 Å². The van der Waals surface area contributed by atoms with Gasteiger partial charge in [0.15, 0.2) is 0 Å². The summed E-state index contributed by atoms with van der Waals surface area (Å²) in [6.07, 6.45) is 18.5. The summed E-state index contributed by atoms with van der Waals surface area (Å²) in [4.78, 5) is 0. The quantitative estimate of drug-likeness (QED) is 0.122. The van der Waals surface area contributed by atoms with Crippen LogP contribution in [0, 0.1) is 87.0 Å². The Morgan fingerprint density at radius 3 is 0.926 bits per heavy atom. The Bertz CT molecular complexity index is 6330. The van der Waals surface area contributed by atoms with Gasteiger partial charge in [-0.25, -0.2) is 0 Å². The minimum absolute atomic E-state index is 0.300. The molecule has 0 aliphatic heterocycles. The molecule has 0 bridgehead atoms. The minimum atomic E-state index is 0.300. The first-order valence-corrected chi connectivity index (χ1v) is 45.3. The Morgan fingerprint density at radius 2 is 0.545 bits per heavy atom. The maximum atomic E-state index is 2.49. The summed E-state index contributed by atoms with van der Waals surface area (Å²) in [5.74, 6) is 2.17. The molecule has 121 heavy (non-hydrogen) atoms. The van der Waals surface area contributed by atoms with Crippen LogP contribution in [0.4, 0.5) is 0 Å². The third-order valence-electron chi connectivity index (χ3n) is 27.0. The Hall–Kier alpha value is -10.8. The van der Waals surface area contributed by atoms with Gasteiger partial charge >= 0.3 is 0 Å². The van der Waals surface area contributed by atoms with Crippen LogP contribution in [-0.4, -0.2) is 0 Å². The van der Waals surface area contributed by atoms with Crippen molar-refractivity contribution in [2.75, 3.05) is 0 Å². The Balaban J connectivity index is 0.000000124. The summed E-state index contributed by atoms with van der Waals surface area (Å²) in [7, 11) is 11.0. The van der Waals surface area contributed by atoms with E-state index in [-0.39, 0.29) is 0 Å². The van der Waals surface area contributed by atoms with Crippen LogP contribution in [0.1, 0.15) is 225 Å². The summed E-state index contributed by atoms with van der Waals surface area (Å²) in [5, 5.41) is 6.89. The van der Waals surface area contributed by atoms with E-state index in [0.29, 0.717) is 10.8 Å². The van der Waals surface area contributed by atoms with Gasteiger partial charge in [-0.15, -0.1) is 0 Å². The van der Waals surface area contributed by atoms with Crippen LogP contribution in [0.2, 0.25) is 0 Å². The highest BCUT2D eigenvalue weighted by molar-refractivity contribution is 5.86. The number of rotatable bonds is 10. The standard InChI is InChI=1S/C24H28N.C24H30N.C23H26N.C23H28N.C22H24N/c1-16-13-17(2)18(3)21(14-16)24-15-22(19-9-5-6-10-19)20-11-7-8-12-23(20)25(24)4;1-16-12-17(2)18(3)21(13-16)22-11-10-20-9-8-19(15-24(4,5)6)14-23(20)25(22)7;1-16-12-13-17(2)20(14-16)23-15-21(18-8-4-5-9-18)19-10-6-7-11-22(19)24(23)3;1-16-7-8-17(2)20(13-16)21-12-11-19-10-9-18(15-23(3,4)5)14-22(19)24(21)6;1-16-9-3-6-12-18(16)22-15-20(17-10-4-5-11-17)19-13-7-8-14-21(19)23(22)2/h7-8,11-15,19H,5-6,9-10H2,1-4H3;8-14H,15H2,1-7H3;6-7,10-15,18H,4-5,8-9H2,1-3H3;7-14H,15H2,1-6H3;3,6-9,12-15,17H,4-5,10-11H2,1-2H3/q5*+1. The molecule has 5 heterocycles. The molecule has 5 aromatic heterocycles. The molecule has 3 aliphatic carbocycles. The van der Waals surface area contributed by atoms with Gasteiger partial charge in [-0.1, -0.05) is 205 Å². The number of pyridine rings is 5. The average Bonchev–Trinajstić information content (AvgIpc) is 1.73. The summed E-state index contributed by atoms with van der Waals surface area (Å²) in [5.41, 5.74) is 42.9. The number of nitrogens with zero attached hydrogens (tertiary/aromatic N) is 5. The van der Waals surface area contributed by atoms with Gasteiger partial charge in [0.25, 0.3) is 0 Å². The lowest BCUT2D eigenvalue weighted by atomic mass is 9.88. The van der Waals surface area contributed by atoms with Crippen molar-refractivity contribution in [2.45, 2.75) is 225 Å². The van der Waals surface area contributed by atoms with Crippen LogP contribution >= 0.6 is 0 Å². The van der Waals surface area contributed by atoms with Crippen LogP contribution in [0.3, 0.4) is 0 Å². The molecule has 0 unspecified atom stereocenters. The molecule has 0 radical (unpaired) electrons. The number of para-hydroxylation sites is 3. The minimum Gasteiger partial charge on any atom is -0.194 e. The predicted molar refractivity (Wildman–Crippen MR) is 515 cm³/mol. The number of benzene rings is 10. The average molecular weight is 1600 g/mol. The molecule has 5 nitrogen and oxygen atoms in total. The first-order chi connectivity index (χ1) is 57.9. The molecule has 3 fully saturated rings. The zero-order valence-electron chi connectivity index (χ0n) is 77.4. The zero-order valence-corrected chi connectivity index (χ0v) is 77.4. The van der Waals surface area contributed by atoms with E-state index in [1.54, 1.807) is 16.7 Å². The molecule has 0 N–H and O–H groups in total. The SMILES string of the molecule is Cc1cc(C)c(C)c(-c2cc(C3CCCC3)c3ccccc3[n+]2C)c1.Cc1cc(C)c(C)c(-c2ccc3ccc(CC(C)(C)C)cc3[n+]2C)c1.Cc1ccc(C)c(-c2cc(C3CCCC3)c3ccccc3[n+]2C)c1.Cc1ccc(C)c(-c2ccc3ccc(CC(C)(C)C)cc3[n+]2C)c1.Cc1ccccc1-c1cc(C2CCCC2)c2ccccc2[n+]1C. The summed E-state index contributed by atoms with van der Waals surface area (Å²) in [6, 6.07) is 88.3. The molecular formula is C116H136N5+5. The maximum Gasteiger partial charge on any atom is 0.213 e. The molecule has 15 aromatic rings. The molecule has 0 amide bonds. The molecule has 620 valence electrons. The van der Waals surface area contributed by atoms with E-state index in [9.17, 15) is 0 Å². The van der Waals surface area contributed by atoms with Crippen molar-refractivity contribution < 1.29 is 22.8 Å². The third-order valence-corrected chi connectivity index (χ3v) is 27.0. The summed E-state index contributed by atoms with van der Waals surface area (Å²) < 4.78 is 11.8. The van der Waals surface area contributed by atoms with Crippen molar-refractivity contribution in [3.63, 3.8) is 0 Å². The Morgan fingerprint density at radius 1 is 0.248 bits per heavy atom. The predicted octanol–water partition coefficient (Wildman–Crippen LogP) is 28.2. The lowest BCUT2D eigenvalue weighted by Gasteiger charge is -2.18. The fourth-order valence-corrected chi connectivity index (χ4v) is 20.2. The van der Waals surface area contributed by atoms with Crippen LogP contribution < -0.4 is 22.8 Å². The van der Waals surface area contributed by atoms with E-state index >= 15 is 0 Å². The fourth-order valence-electron chi connectivity index (χ4n) is 20.2. The molecule has 0 spiro atoms.